The maximum absolute atomic E-state index is 5.96. The number of methoxy groups -OCH3 is 1. The summed E-state index contributed by atoms with van der Waals surface area (Å²) < 4.78 is 5.32. The van der Waals surface area contributed by atoms with E-state index < -0.39 is 0 Å². The molecule has 2 heteroatoms. The maximum atomic E-state index is 5.96. The van der Waals surface area contributed by atoms with Gasteiger partial charge in [0.2, 0.25) is 0 Å². The Hall–Kier alpha value is 0.250. The van der Waals surface area contributed by atoms with E-state index in [1.54, 1.807) is 7.11 Å². The summed E-state index contributed by atoms with van der Waals surface area (Å²) >= 11 is 5.96. The highest BCUT2D eigenvalue weighted by Gasteiger charge is 2.18. The number of hydrogen-bond donors (Lipinski definition) is 0. The summed E-state index contributed by atoms with van der Waals surface area (Å²) in [6.07, 6.45) is 2.20. The molecule has 0 saturated carbocycles. The molecule has 0 spiro atoms. The van der Waals surface area contributed by atoms with Gasteiger partial charge in [0.15, 0.2) is 0 Å². The summed E-state index contributed by atoms with van der Waals surface area (Å²) in [6, 6.07) is 0. The van der Waals surface area contributed by atoms with Crippen LogP contribution in [-0.4, -0.2) is 18.1 Å². The van der Waals surface area contributed by atoms with Gasteiger partial charge in [-0.2, -0.15) is 0 Å². The third-order valence-electron chi connectivity index (χ3n) is 2.54. The van der Waals surface area contributed by atoms with Gasteiger partial charge in [-0.1, -0.05) is 6.92 Å². The average Bonchev–Trinajstić information content (AvgIpc) is 2.00. The molecule has 2 unspecified atom stereocenters. The first-order valence-electron chi connectivity index (χ1n) is 4.58. The van der Waals surface area contributed by atoms with Gasteiger partial charge in [-0.25, -0.2) is 0 Å². The van der Waals surface area contributed by atoms with Crippen molar-refractivity contribution in [1.82, 2.24) is 0 Å². The van der Waals surface area contributed by atoms with Crippen LogP contribution in [-0.2, 0) is 4.74 Å². The highest BCUT2D eigenvalue weighted by atomic mass is 35.5. The Bertz CT molecular complexity index is 121. The molecule has 0 amide bonds. The van der Waals surface area contributed by atoms with Crippen LogP contribution in [0, 0.1) is 5.92 Å². The lowest BCUT2D eigenvalue weighted by Gasteiger charge is -2.25. The maximum Gasteiger partial charge on any atom is 0.0622 e. The lowest BCUT2D eigenvalue weighted by molar-refractivity contribution is 0.0109. The minimum atomic E-state index is 0.0000386. The molecule has 1 nitrogen and oxygen atoms in total. The van der Waals surface area contributed by atoms with Gasteiger partial charge in [0.05, 0.1) is 5.60 Å². The normalized spacial score (nSPS) is 17.5. The number of rotatable bonds is 5. The van der Waals surface area contributed by atoms with Gasteiger partial charge in [0.1, 0.15) is 0 Å². The van der Waals surface area contributed by atoms with Gasteiger partial charge >= 0.3 is 0 Å². The van der Waals surface area contributed by atoms with Crippen molar-refractivity contribution in [2.24, 2.45) is 5.92 Å². The lowest BCUT2D eigenvalue weighted by atomic mass is 9.94. The van der Waals surface area contributed by atoms with E-state index in [2.05, 4.69) is 20.8 Å². The van der Waals surface area contributed by atoms with Crippen molar-refractivity contribution in [3.8, 4) is 0 Å². The van der Waals surface area contributed by atoms with E-state index in [0.29, 0.717) is 5.92 Å². The molecule has 0 aromatic heterocycles. The number of hydrogen-bond acceptors (Lipinski definition) is 1. The van der Waals surface area contributed by atoms with Crippen molar-refractivity contribution in [3.63, 3.8) is 0 Å². The third kappa shape index (κ3) is 5.00. The summed E-state index contributed by atoms with van der Waals surface area (Å²) in [6.45, 7) is 8.45. The average molecular weight is 193 g/mol. The van der Waals surface area contributed by atoms with Crippen molar-refractivity contribution in [1.29, 1.82) is 0 Å². The number of alkyl halides is 1. The van der Waals surface area contributed by atoms with Crippen molar-refractivity contribution >= 4 is 11.6 Å². The summed E-state index contributed by atoms with van der Waals surface area (Å²) in [5.74, 6) is 0.570. The second-order valence-corrected chi connectivity index (χ2v) is 4.85. The lowest BCUT2D eigenvalue weighted by Crippen LogP contribution is -2.24. The molecule has 0 bridgehead atoms. The first-order chi connectivity index (χ1) is 5.39. The zero-order valence-electron chi connectivity index (χ0n) is 8.86. The van der Waals surface area contributed by atoms with Gasteiger partial charge in [-0.05, 0) is 39.5 Å². The largest absolute Gasteiger partial charge is 0.379 e. The van der Waals surface area contributed by atoms with Crippen LogP contribution in [0.15, 0.2) is 0 Å². The smallest absolute Gasteiger partial charge is 0.0622 e. The van der Waals surface area contributed by atoms with Crippen LogP contribution in [0.5, 0.6) is 0 Å². The van der Waals surface area contributed by atoms with Gasteiger partial charge in [0, 0.05) is 12.5 Å². The van der Waals surface area contributed by atoms with Crippen LogP contribution in [0.1, 0.15) is 40.5 Å². The Labute approximate surface area is 81.4 Å². The van der Waals surface area contributed by atoms with Crippen LogP contribution in [0.25, 0.3) is 0 Å². The molecule has 0 rings (SSSR count). The van der Waals surface area contributed by atoms with E-state index in [9.17, 15) is 0 Å². The monoisotopic (exact) mass is 192 g/mol. The second-order valence-electron chi connectivity index (χ2n) is 4.16. The van der Waals surface area contributed by atoms with E-state index in [0.717, 1.165) is 12.8 Å². The fourth-order valence-corrected chi connectivity index (χ4v) is 1.03. The highest BCUT2D eigenvalue weighted by Crippen LogP contribution is 2.22. The van der Waals surface area contributed by atoms with Gasteiger partial charge in [-0.3, -0.25) is 0 Å². The molecule has 0 aliphatic carbocycles. The quantitative estimate of drug-likeness (QED) is 0.607. The van der Waals surface area contributed by atoms with Gasteiger partial charge < -0.3 is 4.74 Å². The molecule has 0 saturated heterocycles. The molecule has 0 aliphatic heterocycles. The van der Waals surface area contributed by atoms with Crippen LogP contribution < -0.4 is 0 Å². The minimum Gasteiger partial charge on any atom is -0.379 e. The van der Waals surface area contributed by atoms with Crippen molar-refractivity contribution < 1.29 is 4.74 Å². The van der Waals surface area contributed by atoms with Crippen LogP contribution in [0.4, 0.5) is 0 Å². The summed E-state index contributed by atoms with van der Waals surface area (Å²) in [5.41, 5.74) is 0.0000386. The molecule has 0 aromatic carbocycles. The minimum absolute atomic E-state index is 0.0000386. The van der Waals surface area contributed by atoms with E-state index in [1.807, 2.05) is 6.92 Å². The first kappa shape index (κ1) is 12.2. The number of ether oxygens (including phenoxy) is 1. The molecular weight excluding hydrogens is 172 g/mol. The summed E-state index contributed by atoms with van der Waals surface area (Å²) in [7, 11) is 1.76. The Morgan fingerprint density at radius 3 is 2.17 bits per heavy atom. The molecule has 12 heavy (non-hydrogen) atoms. The topological polar surface area (TPSA) is 9.23 Å². The summed E-state index contributed by atoms with van der Waals surface area (Å²) in [4.78, 5) is 0. The molecule has 0 N–H and O–H groups in total. The third-order valence-corrected chi connectivity index (χ3v) is 2.97. The Morgan fingerprint density at radius 1 is 1.33 bits per heavy atom. The van der Waals surface area contributed by atoms with Crippen LogP contribution in [0.2, 0.25) is 0 Å². The molecule has 2 atom stereocenters. The Balaban J connectivity index is 3.67. The fraction of sp³-hybridized carbons (Fsp3) is 1.00. The second kappa shape index (κ2) is 5.08. The van der Waals surface area contributed by atoms with Crippen LogP contribution >= 0.6 is 11.6 Å². The highest BCUT2D eigenvalue weighted by molar-refractivity contribution is 6.20. The van der Waals surface area contributed by atoms with Crippen LogP contribution in [0.3, 0.4) is 0 Å². The van der Waals surface area contributed by atoms with E-state index >= 15 is 0 Å². The van der Waals surface area contributed by atoms with E-state index in [1.165, 1.54) is 0 Å². The molecule has 0 aliphatic rings. The molecule has 74 valence electrons. The standard InChI is InChI=1S/C10H21ClO/c1-8(9(2)11)6-7-10(3,4)12-5/h8-9H,6-7H2,1-5H3. The van der Waals surface area contributed by atoms with Crippen molar-refractivity contribution in [3.05, 3.63) is 0 Å². The molecule has 0 aromatic rings. The summed E-state index contributed by atoms with van der Waals surface area (Å²) in [5, 5.41) is 0.262. The van der Waals surface area contributed by atoms with E-state index in [-0.39, 0.29) is 11.0 Å². The molecule has 0 fully saturated rings. The van der Waals surface area contributed by atoms with Gasteiger partial charge in [-0.15, -0.1) is 11.6 Å². The predicted octanol–water partition coefficient (Wildman–Crippen LogP) is 3.46. The number of halogens is 1. The Kier molecular flexibility index (Phi) is 5.19. The van der Waals surface area contributed by atoms with E-state index in [4.69, 9.17) is 16.3 Å². The zero-order chi connectivity index (χ0) is 9.78. The molecular formula is C10H21ClO. The molecule has 0 heterocycles. The SMILES string of the molecule is COC(C)(C)CCC(C)C(C)Cl. The fourth-order valence-electron chi connectivity index (χ4n) is 0.907. The first-order valence-corrected chi connectivity index (χ1v) is 5.02. The predicted molar refractivity (Wildman–Crippen MR) is 54.8 cm³/mol. The van der Waals surface area contributed by atoms with Gasteiger partial charge in [0.25, 0.3) is 0 Å². The van der Waals surface area contributed by atoms with Crippen molar-refractivity contribution in [2.45, 2.75) is 51.5 Å². The van der Waals surface area contributed by atoms with Crippen molar-refractivity contribution in [2.75, 3.05) is 7.11 Å². The zero-order valence-corrected chi connectivity index (χ0v) is 9.61. The Morgan fingerprint density at radius 2 is 1.83 bits per heavy atom. The molecule has 0 radical (unpaired) electrons.